The van der Waals surface area contributed by atoms with Crippen LogP contribution in [0, 0.1) is 23.6 Å². The highest BCUT2D eigenvalue weighted by atomic mass is 19.4. The van der Waals surface area contributed by atoms with Crippen molar-refractivity contribution < 1.29 is 40.7 Å². The van der Waals surface area contributed by atoms with Crippen molar-refractivity contribution in [3.8, 4) is 0 Å². The van der Waals surface area contributed by atoms with E-state index >= 15 is 4.39 Å². The monoisotopic (exact) mass is 628 g/mol. The molecule has 1 aromatic carbocycles. The number of benzene rings is 1. The number of rotatable bonds is 13. The van der Waals surface area contributed by atoms with Gasteiger partial charge in [-0.3, -0.25) is 24.0 Å². The lowest BCUT2D eigenvalue weighted by Gasteiger charge is -2.38. The largest absolute Gasteiger partial charge is 0.405 e. The number of hydrogen-bond acceptors (Lipinski definition) is 5. The Morgan fingerprint density at radius 1 is 1.02 bits per heavy atom. The molecule has 15 heteroatoms. The predicted molar refractivity (Wildman–Crippen MR) is 146 cm³/mol. The van der Waals surface area contributed by atoms with Crippen molar-refractivity contribution in [3.05, 3.63) is 47.5 Å². The van der Waals surface area contributed by atoms with E-state index < -0.39 is 54.1 Å². The second-order valence-corrected chi connectivity index (χ2v) is 12.0. The van der Waals surface area contributed by atoms with Gasteiger partial charge in [0, 0.05) is 12.7 Å². The fraction of sp³-hybridized carbons (Fsp3) is 0.586. The highest BCUT2D eigenvalue weighted by Gasteiger charge is 2.48. The number of amides is 3. The van der Waals surface area contributed by atoms with Gasteiger partial charge in [0.05, 0.1) is 31.2 Å². The van der Waals surface area contributed by atoms with Gasteiger partial charge in [-0.1, -0.05) is 6.07 Å². The average molecular weight is 629 g/mol. The SMILES string of the molecule is C[C@H](C(=O)NCC(F)(F)F)c1ccc(NC(=O)[C@@H](NC(=O)c2ccnn2CCN2CC(F)(F)C2)C(C2CC2)C2CC2)c(F)c1. The smallest absolute Gasteiger partial charge is 0.346 e. The standard InChI is InChI=1S/C29H34F6N6O3/c1-16(25(42)36-13-29(33,34)35)19-6-7-21(20(30)12-19)38-27(44)24(23(17-2-3-17)18-4-5-18)39-26(43)22-8-9-37-41(22)11-10-40-14-28(31,32)15-40/h6-9,12,16-18,23-24H,2-5,10-11,13-15H2,1H3,(H,36,42)(H,38,44)(H,39,43)/t16-,24-/m0/s1. The summed E-state index contributed by atoms with van der Waals surface area (Å²) in [5.41, 5.74) is 0.0745. The summed E-state index contributed by atoms with van der Waals surface area (Å²) < 4.78 is 80.3. The zero-order valence-corrected chi connectivity index (χ0v) is 24.0. The number of nitrogens with zero attached hydrogens (tertiary/aromatic N) is 3. The van der Waals surface area contributed by atoms with Crippen LogP contribution in [0.15, 0.2) is 30.5 Å². The number of anilines is 1. The molecule has 1 aromatic heterocycles. The fourth-order valence-corrected chi connectivity index (χ4v) is 5.75. The van der Waals surface area contributed by atoms with Crippen molar-refractivity contribution in [2.24, 2.45) is 17.8 Å². The summed E-state index contributed by atoms with van der Waals surface area (Å²) in [6.45, 7) is -0.424. The van der Waals surface area contributed by atoms with Gasteiger partial charge in [-0.2, -0.15) is 18.3 Å². The molecule has 0 radical (unpaired) electrons. The van der Waals surface area contributed by atoms with Crippen molar-refractivity contribution in [2.75, 3.05) is 31.5 Å². The Kier molecular flexibility index (Phi) is 8.96. The first-order valence-corrected chi connectivity index (χ1v) is 14.6. The number of carbonyl (C=O) groups excluding carboxylic acids is 3. The molecule has 240 valence electrons. The Bertz CT molecular complexity index is 1370. The van der Waals surface area contributed by atoms with Gasteiger partial charge < -0.3 is 16.0 Å². The zero-order valence-electron chi connectivity index (χ0n) is 24.0. The third-order valence-electron chi connectivity index (χ3n) is 8.38. The van der Waals surface area contributed by atoms with Crippen molar-refractivity contribution in [1.29, 1.82) is 0 Å². The average Bonchev–Trinajstić information content (AvgIpc) is 3.88. The quantitative estimate of drug-likeness (QED) is 0.292. The lowest BCUT2D eigenvalue weighted by molar-refractivity contribution is -0.139. The molecule has 9 nitrogen and oxygen atoms in total. The Morgan fingerprint density at radius 2 is 1.68 bits per heavy atom. The first-order chi connectivity index (χ1) is 20.7. The van der Waals surface area contributed by atoms with E-state index in [1.165, 1.54) is 36.0 Å². The minimum atomic E-state index is -4.59. The van der Waals surface area contributed by atoms with E-state index in [0.717, 1.165) is 31.7 Å². The molecule has 44 heavy (non-hydrogen) atoms. The molecule has 2 aromatic rings. The van der Waals surface area contributed by atoms with E-state index in [-0.39, 0.29) is 60.9 Å². The first kappa shape index (κ1) is 31.8. The molecule has 3 fully saturated rings. The molecule has 1 aliphatic heterocycles. The van der Waals surface area contributed by atoms with Gasteiger partial charge in [0.25, 0.3) is 11.8 Å². The third-order valence-corrected chi connectivity index (χ3v) is 8.38. The van der Waals surface area contributed by atoms with E-state index in [9.17, 15) is 36.3 Å². The van der Waals surface area contributed by atoms with E-state index in [0.29, 0.717) is 0 Å². The molecular weight excluding hydrogens is 594 g/mol. The second kappa shape index (κ2) is 12.4. The number of hydrogen-bond donors (Lipinski definition) is 3. The number of aromatic nitrogens is 2. The summed E-state index contributed by atoms with van der Waals surface area (Å²) in [5.74, 6) is -6.54. The van der Waals surface area contributed by atoms with Crippen molar-refractivity contribution in [2.45, 2.75) is 63.2 Å². The summed E-state index contributed by atoms with van der Waals surface area (Å²) in [5, 5.41) is 11.3. The van der Waals surface area contributed by atoms with Crippen LogP contribution < -0.4 is 16.0 Å². The summed E-state index contributed by atoms with van der Waals surface area (Å²) in [6, 6.07) is 4.03. The Labute approximate surface area is 249 Å². The number of likely N-dealkylation sites (tertiary alicyclic amines) is 1. The molecule has 2 atom stereocenters. The summed E-state index contributed by atoms with van der Waals surface area (Å²) in [6.07, 6.45) is 0.420. The Morgan fingerprint density at radius 3 is 2.25 bits per heavy atom. The predicted octanol–water partition coefficient (Wildman–Crippen LogP) is 3.93. The first-order valence-electron chi connectivity index (χ1n) is 14.6. The Hall–Kier alpha value is -3.62. The maximum atomic E-state index is 15.1. The summed E-state index contributed by atoms with van der Waals surface area (Å²) >= 11 is 0. The Balaban J connectivity index is 1.27. The van der Waals surface area contributed by atoms with Crippen LogP contribution >= 0.6 is 0 Å². The maximum absolute atomic E-state index is 15.1. The van der Waals surface area contributed by atoms with Gasteiger partial charge in [0.1, 0.15) is 24.1 Å². The number of alkyl halides is 5. The molecule has 5 rings (SSSR count). The van der Waals surface area contributed by atoms with Crippen LogP contribution in [-0.2, 0) is 16.1 Å². The van der Waals surface area contributed by atoms with E-state index in [1.54, 1.807) is 10.2 Å². The van der Waals surface area contributed by atoms with Crippen LogP contribution in [-0.4, -0.2) is 76.7 Å². The minimum Gasteiger partial charge on any atom is -0.346 e. The molecule has 2 heterocycles. The molecule has 3 amide bonds. The van der Waals surface area contributed by atoms with Crippen LogP contribution in [0.5, 0.6) is 0 Å². The molecule has 3 aliphatic rings. The van der Waals surface area contributed by atoms with E-state index in [1.807, 2.05) is 0 Å². The van der Waals surface area contributed by atoms with Crippen LogP contribution in [0.25, 0.3) is 0 Å². The van der Waals surface area contributed by atoms with Crippen LogP contribution in [0.4, 0.5) is 32.0 Å². The summed E-state index contributed by atoms with van der Waals surface area (Å²) in [7, 11) is 0. The van der Waals surface area contributed by atoms with Crippen LogP contribution in [0.3, 0.4) is 0 Å². The summed E-state index contributed by atoms with van der Waals surface area (Å²) in [4.78, 5) is 40.7. The normalized spacial score (nSPS) is 19.6. The molecule has 3 N–H and O–H groups in total. The molecule has 2 saturated carbocycles. The van der Waals surface area contributed by atoms with Crippen molar-refractivity contribution >= 4 is 23.4 Å². The maximum Gasteiger partial charge on any atom is 0.405 e. The fourth-order valence-electron chi connectivity index (χ4n) is 5.75. The zero-order chi connectivity index (χ0) is 31.8. The van der Waals surface area contributed by atoms with Crippen LogP contribution in [0.2, 0.25) is 0 Å². The topological polar surface area (TPSA) is 108 Å². The second-order valence-electron chi connectivity index (χ2n) is 12.0. The van der Waals surface area contributed by atoms with Gasteiger partial charge in [-0.05, 0) is 74.1 Å². The molecule has 0 spiro atoms. The number of carbonyl (C=O) groups is 3. The lowest BCUT2D eigenvalue weighted by atomic mass is 9.88. The minimum absolute atomic E-state index is 0.120. The highest BCUT2D eigenvalue weighted by Crippen LogP contribution is 2.51. The van der Waals surface area contributed by atoms with Gasteiger partial charge in [0.2, 0.25) is 11.8 Å². The highest BCUT2D eigenvalue weighted by molar-refractivity contribution is 6.01. The van der Waals surface area contributed by atoms with Gasteiger partial charge in [-0.25, -0.2) is 13.2 Å². The molecular formula is C29H34F6N6O3. The van der Waals surface area contributed by atoms with Crippen LogP contribution in [0.1, 0.15) is 54.6 Å². The number of halogens is 6. The third kappa shape index (κ3) is 7.90. The molecule has 0 unspecified atom stereocenters. The van der Waals surface area contributed by atoms with E-state index in [2.05, 4.69) is 15.7 Å². The number of nitrogens with one attached hydrogen (secondary N) is 3. The van der Waals surface area contributed by atoms with Gasteiger partial charge in [0.15, 0.2) is 0 Å². The molecule has 0 bridgehead atoms. The van der Waals surface area contributed by atoms with Crippen molar-refractivity contribution in [3.63, 3.8) is 0 Å². The lowest BCUT2D eigenvalue weighted by Crippen LogP contribution is -2.56. The van der Waals surface area contributed by atoms with Gasteiger partial charge >= 0.3 is 6.18 Å². The van der Waals surface area contributed by atoms with Gasteiger partial charge in [-0.15, -0.1) is 0 Å². The molecule has 1 saturated heterocycles. The molecule has 2 aliphatic carbocycles. The van der Waals surface area contributed by atoms with E-state index in [4.69, 9.17) is 0 Å². The van der Waals surface area contributed by atoms with Crippen molar-refractivity contribution in [1.82, 2.24) is 25.3 Å².